The van der Waals surface area contributed by atoms with Gasteiger partial charge < -0.3 is 25.1 Å². The number of carbonyl (C=O) groups is 1. The molecule has 0 aliphatic carbocycles. The number of benzene rings is 1. The first-order chi connectivity index (χ1) is 16.4. The Balaban J connectivity index is 1.48. The molecule has 0 spiro atoms. The van der Waals surface area contributed by atoms with Crippen molar-refractivity contribution in [2.24, 2.45) is 0 Å². The Labute approximate surface area is 195 Å². The third-order valence-electron chi connectivity index (χ3n) is 6.27. The van der Waals surface area contributed by atoms with E-state index in [4.69, 9.17) is 19.9 Å². The van der Waals surface area contributed by atoms with E-state index in [0.29, 0.717) is 72.4 Å². The van der Waals surface area contributed by atoms with Crippen LogP contribution < -0.4 is 15.8 Å². The van der Waals surface area contributed by atoms with E-state index in [1.807, 2.05) is 0 Å². The number of pyridine rings is 2. The van der Waals surface area contributed by atoms with Crippen molar-refractivity contribution in [3.63, 3.8) is 0 Å². The van der Waals surface area contributed by atoms with Gasteiger partial charge in [-0.25, -0.2) is 19.2 Å². The molecule has 2 aromatic heterocycles. The lowest BCUT2D eigenvalue weighted by Crippen LogP contribution is -2.28. The Kier molecular flexibility index (Phi) is 5.93. The predicted octanol–water partition coefficient (Wildman–Crippen LogP) is 3.87. The fourth-order valence-electron chi connectivity index (χ4n) is 4.43. The molecule has 0 radical (unpaired) electrons. The largest absolute Gasteiger partial charge is 0.477 e. The number of nitrogens with one attached hydrogen (secondary N) is 1. The summed E-state index contributed by atoms with van der Waals surface area (Å²) in [5.74, 6) is 0.00327. The number of amides is 1. The van der Waals surface area contributed by atoms with E-state index in [2.05, 4.69) is 15.3 Å². The van der Waals surface area contributed by atoms with Crippen LogP contribution in [0.5, 0.6) is 5.88 Å². The Morgan fingerprint density at radius 3 is 2.76 bits per heavy atom. The standard InChI is InChI=1S/C24H25FN4O5/c1-12-16(10-28-23-20(12)18(30)4-7-33-23)15-8-13-9-19(27-11-17(13)22(26)21(15)25)29-24(31)34-14-2-5-32-6-3-14/h8-11,14,18,30H,2-7,26H2,1H3,(H,27,29,31). The van der Waals surface area contributed by atoms with E-state index < -0.39 is 18.0 Å². The topological polar surface area (TPSA) is 129 Å². The molecule has 34 heavy (non-hydrogen) atoms. The molecule has 10 heteroatoms. The van der Waals surface area contributed by atoms with Crippen LogP contribution in [-0.4, -0.2) is 47.1 Å². The molecule has 4 heterocycles. The molecule has 1 aromatic carbocycles. The third kappa shape index (κ3) is 4.10. The van der Waals surface area contributed by atoms with Crippen LogP contribution in [0.1, 0.15) is 36.5 Å². The maximum absolute atomic E-state index is 15.3. The van der Waals surface area contributed by atoms with Crippen molar-refractivity contribution in [1.82, 2.24) is 9.97 Å². The lowest BCUT2D eigenvalue weighted by Gasteiger charge is -2.24. The minimum absolute atomic E-state index is 0.0646. The monoisotopic (exact) mass is 468 g/mol. The Bertz CT molecular complexity index is 1260. The van der Waals surface area contributed by atoms with Gasteiger partial charge in [-0.1, -0.05) is 0 Å². The highest BCUT2D eigenvalue weighted by Crippen LogP contribution is 2.40. The van der Waals surface area contributed by atoms with E-state index in [-0.39, 0.29) is 23.2 Å². The van der Waals surface area contributed by atoms with Crippen LogP contribution in [0.4, 0.5) is 20.7 Å². The molecule has 2 aliphatic rings. The summed E-state index contributed by atoms with van der Waals surface area (Å²) in [7, 11) is 0. The van der Waals surface area contributed by atoms with Crippen molar-refractivity contribution in [1.29, 1.82) is 0 Å². The van der Waals surface area contributed by atoms with Crippen LogP contribution in [0.3, 0.4) is 0 Å². The molecule has 3 aromatic rings. The van der Waals surface area contributed by atoms with Crippen molar-refractivity contribution in [2.75, 3.05) is 30.9 Å². The van der Waals surface area contributed by atoms with E-state index >= 15 is 4.39 Å². The molecule has 9 nitrogen and oxygen atoms in total. The SMILES string of the molecule is Cc1c(-c2cc3cc(NC(=O)OC4CCOCC4)ncc3c(N)c2F)cnc2c1C(O)CCO2. The summed E-state index contributed by atoms with van der Waals surface area (Å²) < 4.78 is 31.6. The van der Waals surface area contributed by atoms with Crippen LogP contribution in [0, 0.1) is 12.7 Å². The van der Waals surface area contributed by atoms with Crippen molar-refractivity contribution in [3.05, 3.63) is 41.5 Å². The van der Waals surface area contributed by atoms with Crippen molar-refractivity contribution in [2.45, 2.75) is 38.4 Å². The number of aromatic nitrogens is 2. The molecular formula is C24H25FN4O5. The van der Waals surface area contributed by atoms with Gasteiger partial charge in [-0.15, -0.1) is 0 Å². The Morgan fingerprint density at radius 1 is 1.18 bits per heavy atom. The molecule has 1 unspecified atom stereocenters. The molecule has 0 bridgehead atoms. The number of aliphatic hydroxyl groups is 1. The van der Waals surface area contributed by atoms with E-state index in [0.717, 1.165) is 0 Å². The molecule has 1 fully saturated rings. The number of halogens is 1. The number of ether oxygens (including phenoxy) is 3. The van der Waals surface area contributed by atoms with Gasteiger partial charge >= 0.3 is 6.09 Å². The summed E-state index contributed by atoms with van der Waals surface area (Å²) >= 11 is 0. The van der Waals surface area contributed by atoms with Gasteiger partial charge in [-0.3, -0.25) is 5.32 Å². The van der Waals surface area contributed by atoms with Crippen molar-refractivity contribution < 1.29 is 28.5 Å². The Hall–Kier alpha value is -3.50. The van der Waals surface area contributed by atoms with Gasteiger partial charge in [-0.05, 0) is 30.0 Å². The van der Waals surface area contributed by atoms with Crippen molar-refractivity contribution >= 4 is 28.4 Å². The molecular weight excluding hydrogens is 443 g/mol. The molecule has 1 saturated heterocycles. The molecule has 178 valence electrons. The summed E-state index contributed by atoms with van der Waals surface area (Å²) in [6.45, 7) is 3.27. The number of rotatable bonds is 3. The van der Waals surface area contributed by atoms with Crippen LogP contribution in [0.2, 0.25) is 0 Å². The highest BCUT2D eigenvalue weighted by molar-refractivity contribution is 5.99. The number of hydrogen-bond donors (Lipinski definition) is 3. The lowest BCUT2D eigenvalue weighted by atomic mass is 9.92. The van der Waals surface area contributed by atoms with E-state index in [1.54, 1.807) is 19.1 Å². The van der Waals surface area contributed by atoms with Crippen LogP contribution >= 0.6 is 0 Å². The number of carbonyl (C=O) groups excluding carboxylic acids is 1. The summed E-state index contributed by atoms with van der Waals surface area (Å²) in [5, 5.41) is 14.1. The number of hydrogen-bond acceptors (Lipinski definition) is 8. The minimum atomic E-state index is -0.737. The maximum Gasteiger partial charge on any atom is 0.413 e. The number of nitrogens with two attached hydrogens (primary N) is 1. The van der Waals surface area contributed by atoms with Gasteiger partial charge in [0.2, 0.25) is 5.88 Å². The third-order valence-corrected chi connectivity index (χ3v) is 6.27. The average Bonchev–Trinajstić information content (AvgIpc) is 2.82. The summed E-state index contributed by atoms with van der Waals surface area (Å²) in [4.78, 5) is 20.8. The molecule has 4 N–H and O–H groups in total. The van der Waals surface area contributed by atoms with E-state index in [9.17, 15) is 9.90 Å². The fraction of sp³-hybridized carbons (Fsp3) is 0.375. The average molecular weight is 468 g/mol. The highest BCUT2D eigenvalue weighted by Gasteiger charge is 2.26. The summed E-state index contributed by atoms with van der Waals surface area (Å²) in [6, 6.07) is 3.24. The van der Waals surface area contributed by atoms with Gasteiger partial charge in [-0.2, -0.15) is 0 Å². The molecule has 1 amide bonds. The minimum Gasteiger partial charge on any atom is -0.477 e. The number of fused-ring (bicyclic) bond motifs is 2. The first-order valence-corrected chi connectivity index (χ1v) is 11.2. The van der Waals surface area contributed by atoms with Crippen LogP contribution in [0.25, 0.3) is 21.9 Å². The molecule has 5 rings (SSSR count). The van der Waals surface area contributed by atoms with Gasteiger partial charge in [0.1, 0.15) is 11.9 Å². The van der Waals surface area contributed by atoms with Crippen LogP contribution in [0.15, 0.2) is 24.5 Å². The lowest BCUT2D eigenvalue weighted by molar-refractivity contribution is 0.00590. The summed E-state index contributed by atoms with van der Waals surface area (Å²) in [6.07, 6.45) is 3.10. The predicted molar refractivity (Wildman–Crippen MR) is 123 cm³/mol. The van der Waals surface area contributed by atoms with Gasteiger partial charge in [0, 0.05) is 53.7 Å². The normalized spacial score (nSPS) is 18.3. The molecule has 2 aliphatic heterocycles. The number of nitrogen functional groups attached to an aromatic ring is 1. The molecule has 1 atom stereocenters. The van der Waals surface area contributed by atoms with E-state index in [1.165, 1.54) is 12.4 Å². The summed E-state index contributed by atoms with van der Waals surface area (Å²) in [5.41, 5.74) is 8.00. The fourth-order valence-corrected chi connectivity index (χ4v) is 4.43. The molecule has 0 saturated carbocycles. The maximum atomic E-state index is 15.3. The second kappa shape index (κ2) is 9.03. The number of anilines is 2. The Morgan fingerprint density at radius 2 is 1.97 bits per heavy atom. The highest BCUT2D eigenvalue weighted by atomic mass is 19.1. The smallest absolute Gasteiger partial charge is 0.413 e. The van der Waals surface area contributed by atoms with Gasteiger partial charge in [0.25, 0.3) is 0 Å². The zero-order valence-corrected chi connectivity index (χ0v) is 18.6. The zero-order valence-electron chi connectivity index (χ0n) is 18.6. The van der Waals surface area contributed by atoms with Gasteiger partial charge in [0.05, 0.1) is 31.6 Å². The van der Waals surface area contributed by atoms with Gasteiger partial charge in [0.15, 0.2) is 5.82 Å². The number of nitrogens with zero attached hydrogens (tertiary/aromatic N) is 2. The second-order valence-corrected chi connectivity index (χ2v) is 8.45. The zero-order chi connectivity index (χ0) is 23.8. The first-order valence-electron chi connectivity index (χ1n) is 11.2. The second-order valence-electron chi connectivity index (χ2n) is 8.45. The quantitative estimate of drug-likeness (QED) is 0.494. The van der Waals surface area contributed by atoms with Crippen molar-refractivity contribution in [3.8, 4) is 17.0 Å². The number of aliphatic hydroxyl groups excluding tert-OH is 1. The first kappa shape index (κ1) is 22.3. The van der Waals surface area contributed by atoms with Crippen LogP contribution in [-0.2, 0) is 9.47 Å².